The van der Waals surface area contributed by atoms with Gasteiger partial charge in [0.1, 0.15) is 0 Å². The molecule has 1 heterocycles. The van der Waals surface area contributed by atoms with E-state index in [2.05, 4.69) is 5.32 Å². The molecule has 2 fully saturated rings. The maximum absolute atomic E-state index is 5.84. The van der Waals surface area contributed by atoms with Crippen molar-refractivity contribution < 1.29 is 9.47 Å². The first-order chi connectivity index (χ1) is 6.87. The highest BCUT2D eigenvalue weighted by atomic mass is 16.7. The van der Waals surface area contributed by atoms with E-state index in [9.17, 15) is 0 Å². The first kappa shape index (κ1) is 10.4. The molecule has 0 aromatic carbocycles. The van der Waals surface area contributed by atoms with Crippen LogP contribution in [-0.4, -0.2) is 32.6 Å². The van der Waals surface area contributed by atoms with Crippen LogP contribution < -0.4 is 5.32 Å². The zero-order valence-corrected chi connectivity index (χ0v) is 9.05. The van der Waals surface area contributed by atoms with Crippen LogP contribution in [0.4, 0.5) is 0 Å². The maximum atomic E-state index is 5.84. The largest absolute Gasteiger partial charge is 0.347 e. The number of hydrogen-bond donors (Lipinski definition) is 1. The lowest BCUT2D eigenvalue weighted by molar-refractivity contribution is -0.213. The quantitative estimate of drug-likeness (QED) is 0.747. The van der Waals surface area contributed by atoms with E-state index in [4.69, 9.17) is 9.47 Å². The lowest BCUT2D eigenvalue weighted by Gasteiger charge is -2.39. The number of nitrogens with one attached hydrogen (secondary N) is 1. The Labute approximate surface area is 86.2 Å². The molecule has 2 aliphatic rings. The highest BCUT2D eigenvalue weighted by molar-refractivity contribution is 4.86. The van der Waals surface area contributed by atoms with E-state index in [1.807, 2.05) is 7.05 Å². The molecule has 14 heavy (non-hydrogen) atoms. The third-order valence-electron chi connectivity index (χ3n) is 3.47. The van der Waals surface area contributed by atoms with Crippen LogP contribution in [-0.2, 0) is 9.47 Å². The first-order valence-corrected chi connectivity index (χ1v) is 5.80. The van der Waals surface area contributed by atoms with Crippen LogP contribution in [0.1, 0.15) is 32.1 Å². The summed E-state index contributed by atoms with van der Waals surface area (Å²) in [5.74, 6) is 0.404. The van der Waals surface area contributed by atoms with Crippen molar-refractivity contribution in [3.63, 3.8) is 0 Å². The van der Waals surface area contributed by atoms with Crippen molar-refractivity contribution in [3.8, 4) is 0 Å². The Hall–Kier alpha value is -0.120. The van der Waals surface area contributed by atoms with E-state index in [0.29, 0.717) is 5.92 Å². The summed E-state index contributed by atoms with van der Waals surface area (Å²) in [6.07, 6.45) is 6.14. The topological polar surface area (TPSA) is 30.5 Å². The lowest BCUT2D eigenvalue weighted by Crippen LogP contribution is -2.42. The van der Waals surface area contributed by atoms with Crippen LogP contribution in [0.3, 0.4) is 0 Å². The molecule has 0 bridgehead atoms. The van der Waals surface area contributed by atoms with Crippen molar-refractivity contribution in [2.45, 2.75) is 37.9 Å². The van der Waals surface area contributed by atoms with Gasteiger partial charge in [0.15, 0.2) is 5.79 Å². The molecule has 1 atom stereocenters. The van der Waals surface area contributed by atoms with Gasteiger partial charge in [-0.1, -0.05) is 6.42 Å². The average molecular weight is 199 g/mol. The maximum Gasteiger partial charge on any atom is 0.171 e. The van der Waals surface area contributed by atoms with Crippen LogP contribution in [0.15, 0.2) is 0 Å². The third kappa shape index (κ3) is 1.95. The van der Waals surface area contributed by atoms with Gasteiger partial charge in [-0.2, -0.15) is 0 Å². The fraction of sp³-hybridized carbons (Fsp3) is 1.00. The van der Waals surface area contributed by atoms with Crippen LogP contribution in [0.2, 0.25) is 0 Å². The minimum absolute atomic E-state index is 0.199. The highest BCUT2D eigenvalue weighted by Crippen LogP contribution is 2.41. The second-order valence-corrected chi connectivity index (χ2v) is 4.34. The molecule has 3 heteroatoms. The molecular weight excluding hydrogens is 178 g/mol. The van der Waals surface area contributed by atoms with Gasteiger partial charge >= 0.3 is 0 Å². The Kier molecular flexibility index (Phi) is 3.42. The molecule has 0 amide bonds. The minimum atomic E-state index is -0.199. The van der Waals surface area contributed by atoms with Gasteiger partial charge in [-0.05, 0) is 32.9 Å². The minimum Gasteiger partial charge on any atom is -0.347 e. The molecule has 0 aromatic heterocycles. The molecule has 3 nitrogen and oxygen atoms in total. The fourth-order valence-corrected chi connectivity index (χ4v) is 2.72. The predicted octanol–water partition coefficient (Wildman–Crippen LogP) is 1.53. The van der Waals surface area contributed by atoms with Crippen LogP contribution >= 0.6 is 0 Å². The average Bonchev–Trinajstić information content (AvgIpc) is 2.66. The Balaban J connectivity index is 1.95. The zero-order valence-electron chi connectivity index (χ0n) is 9.05. The molecule has 1 N–H and O–H groups in total. The van der Waals surface area contributed by atoms with E-state index < -0.39 is 0 Å². The number of hydrogen-bond acceptors (Lipinski definition) is 3. The van der Waals surface area contributed by atoms with Crippen LogP contribution in [0, 0.1) is 5.92 Å². The molecule has 0 radical (unpaired) electrons. The van der Waals surface area contributed by atoms with E-state index in [1.165, 1.54) is 25.7 Å². The van der Waals surface area contributed by atoms with Crippen molar-refractivity contribution >= 4 is 0 Å². The van der Waals surface area contributed by atoms with E-state index >= 15 is 0 Å². The van der Waals surface area contributed by atoms with E-state index in [0.717, 1.165) is 26.2 Å². The van der Waals surface area contributed by atoms with Crippen molar-refractivity contribution in [3.05, 3.63) is 0 Å². The van der Waals surface area contributed by atoms with Crippen molar-refractivity contribution in [2.24, 2.45) is 5.92 Å². The Bertz CT molecular complexity index is 178. The van der Waals surface area contributed by atoms with E-state index in [-0.39, 0.29) is 5.79 Å². The van der Waals surface area contributed by atoms with Crippen LogP contribution in [0.5, 0.6) is 0 Å². The zero-order chi connectivity index (χ0) is 9.86. The number of rotatable bonds is 3. The van der Waals surface area contributed by atoms with Gasteiger partial charge in [-0.25, -0.2) is 0 Å². The Morgan fingerprint density at radius 3 is 2.79 bits per heavy atom. The van der Waals surface area contributed by atoms with Crippen LogP contribution in [0.25, 0.3) is 0 Å². The SMILES string of the molecule is CNCCC1CCCCC12OCCO2. The molecule has 1 aliphatic heterocycles. The van der Waals surface area contributed by atoms with Crippen molar-refractivity contribution in [2.75, 3.05) is 26.8 Å². The molecule has 0 aromatic rings. The monoisotopic (exact) mass is 199 g/mol. The summed E-state index contributed by atoms with van der Waals surface area (Å²) in [5, 5.41) is 3.21. The molecule has 2 rings (SSSR count). The molecule has 1 unspecified atom stereocenters. The standard InChI is InChI=1S/C11H21NO2/c1-12-7-5-10-4-2-3-6-11(10)13-8-9-14-11/h10,12H,2-9H2,1H3. The molecule has 1 saturated carbocycles. The first-order valence-electron chi connectivity index (χ1n) is 5.80. The number of ether oxygens (including phenoxy) is 2. The van der Waals surface area contributed by atoms with Gasteiger partial charge < -0.3 is 14.8 Å². The van der Waals surface area contributed by atoms with Gasteiger partial charge in [0, 0.05) is 12.3 Å². The summed E-state index contributed by atoms with van der Waals surface area (Å²) in [7, 11) is 2.01. The normalized spacial score (nSPS) is 31.1. The van der Waals surface area contributed by atoms with Gasteiger partial charge in [0.25, 0.3) is 0 Å². The van der Waals surface area contributed by atoms with Gasteiger partial charge in [-0.3, -0.25) is 0 Å². The summed E-state index contributed by atoms with van der Waals surface area (Å²) in [6, 6.07) is 0. The fourth-order valence-electron chi connectivity index (χ4n) is 2.72. The summed E-state index contributed by atoms with van der Waals surface area (Å²) >= 11 is 0. The Morgan fingerprint density at radius 2 is 2.07 bits per heavy atom. The Morgan fingerprint density at radius 1 is 1.29 bits per heavy atom. The molecule has 1 spiro atoms. The van der Waals surface area contributed by atoms with Gasteiger partial charge in [0.05, 0.1) is 13.2 Å². The third-order valence-corrected chi connectivity index (χ3v) is 3.47. The molecule has 82 valence electrons. The van der Waals surface area contributed by atoms with E-state index in [1.54, 1.807) is 0 Å². The summed E-state index contributed by atoms with van der Waals surface area (Å²) in [6.45, 7) is 2.64. The highest BCUT2D eigenvalue weighted by Gasteiger charge is 2.45. The molecule has 1 aliphatic carbocycles. The van der Waals surface area contributed by atoms with Gasteiger partial charge in [0.2, 0.25) is 0 Å². The summed E-state index contributed by atoms with van der Waals surface area (Å²) < 4.78 is 11.7. The van der Waals surface area contributed by atoms with Gasteiger partial charge in [-0.15, -0.1) is 0 Å². The molecular formula is C11H21NO2. The summed E-state index contributed by atoms with van der Waals surface area (Å²) in [4.78, 5) is 0. The summed E-state index contributed by atoms with van der Waals surface area (Å²) in [5.41, 5.74) is 0. The predicted molar refractivity (Wildman–Crippen MR) is 55.1 cm³/mol. The second kappa shape index (κ2) is 4.60. The lowest BCUT2D eigenvalue weighted by atomic mass is 9.81. The molecule has 1 saturated heterocycles. The van der Waals surface area contributed by atoms with Crippen molar-refractivity contribution in [1.29, 1.82) is 0 Å². The van der Waals surface area contributed by atoms with Crippen molar-refractivity contribution in [1.82, 2.24) is 5.32 Å². The second-order valence-electron chi connectivity index (χ2n) is 4.34. The smallest absolute Gasteiger partial charge is 0.171 e.